The molecule has 1 aromatic carbocycles. The molecule has 27 heavy (non-hydrogen) atoms. The van der Waals surface area contributed by atoms with Crippen molar-refractivity contribution < 1.29 is 26.5 Å². The number of hydrogen-bond acceptors (Lipinski definition) is 7. The van der Waals surface area contributed by atoms with E-state index < -0.39 is 21.9 Å². The van der Waals surface area contributed by atoms with Crippen molar-refractivity contribution in [2.24, 2.45) is 0 Å². The molecule has 3 rings (SSSR count). The van der Waals surface area contributed by atoms with Gasteiger partial charge in [0.15, 0.2) is 5.82 Å². The minimum absolute atomic E-state index is 0.0834. The summed E-state index contributed by atoms with van der Waals surface area (Å²) in [6, 6.07) is 5.30. The molecule has 9 nitrogen and oxygen atoms in total. The van der Waals surface area contributed by atoms with Crippen LogP contribution in [0.2, 0.25) is 0 Å². The summed E-state index contributed by atoms with van der Waals surface area (Å²) in [6.07, 6.45) is 2.67. The fourth-order valence-electron chi connectivity index (χ4n) is 2.11. The van der Waals surface area contributed by atoms with Crippen LogP contribution in [0, 0.1) is 5.82 Å². The fourth-order valence-corrected chi connectivity index (χ4v) is 3.09. The molecule has 0 bridgehead atoms. The van der Waals surface area contributed by atoms with Gasteiger partial charge in [0.25, 0.3) is 5.91 Å². The number of halogens is 1. The molecule has 1 atom stereocenters. The Morgan fingerprint density at radius 1 is 1.26 bits per heavy atom. The van der Waals surface area contributed by atoms with Gasteiger partial charge in [-0.25, -0.2) is 17.5 Å². The van der Waals surface area contributed by atoms with Crippen molar-refractivity contribution in [3.05, 3.63) is 66.0 Å². The average Bonchev–Trinajstić information content (AvgIpc) is 3.32. The number of carbonyl (C=O) groups is 1. The normalized spacial score (nSPS) is 12.7. The minimum Gasteiger partial charge on any atom is -0.472 e. The third kappa shape index (κ3) is 4.57. The fraction of sp³-hybridized carbons (Fsp3) is 0.188. The number of carbonyl (C=O) groups excluding carboxylic acids is 1. The van der Waals surface area contributed by atoms with Crippen molar-refractivity contribution in [2.45, 2.75) is 24.4 Å². The predicted octanol–water partition coefficient (Wildman–Crippen LogP) is 1.77. The van der Waals surface area contributed by atoms with Crippen LogP contribution >= 0.6 is 0 Å². The molecule has 2 aromatic heterocycles. The maximum Gasteiger partial charge on any atom is 0.255 e. The van der Waals surface area contributed by atoms with E-state index in [0.29, 0.717) is 5.56 Å². The van der Waals surface area contributed by atoms with Gasteiger partial charge in [-0.3, -0.25) is 4.79 Å². The number of nitrogens with one attached hydrogen (secondary N) is 2. The third-order valence-corrected chi connectivity index (χ3v) is 4.95. The zero-order valence-electron chi connectivity index (χ0n) is 14.0. The number of benzene rings is 1. The minimum atomic E-state index is -3.85. The second-order valence-corrected chi connectivity index (χ2v) is 7.30. The van der Waals surface area contributed by atoms with Crippen LogP contribution in [0.1, 0.15) is 35.0 Å². The van der Waals surface area contributed by atoms with Crippen LogP contribution < -0.4 is 10.0 Å². The molecule has 0 aliphatic heterocycles. The first-order valence-corrected chi connectivity index (χ1v) is 9.24. The monoisotopic (exact) mass is 394 g/mol. The standard InChI is InChI=1S/C16H15FN4O5S/c1-10(19-15(22)11-6-7-25-9-11)16-20-14(21-26-16)8-18-27(23,24)13-4-2-12(17)3-5-13/h2-7,9-10,18H,8H2,1H3,(H,19,22)/t10-/m1/s1. The molecule has 2 heterocycles. The molecule has 1 amide bonds. The van der Waals surface area contributed by atoms with Crippen LogP contribution in [-0.2, 0) is 16.6 Å². The van der Waals surface area contributed by atoms with Gasteiger partial charge in [0.05, 0.1) is 23.3 Å². The molecule has 2 N–H and O–H groups in total. The maximum absolute atomic E-state index is 12.9. The van der Waals surface area contributed by atoms with Gasteiger partial charge < -0.3 is 14.3 Å². The second kappa shape index (κ2) is 7.68. The topological polar surface area (TPSA) is 127 Å². The van der Waals surface area contributed by atoms with Crippen LogP contribution in [0.4, 0.5) is 4.39 Å². The first kappa shape index (κ1) is 18.7. The van der Waals surface area contributed by atoms with Gasteiger partial charge in [-0.05, 0) is 37.3 Å². The first-order valence-electron chi connectivity index (χ1n) is 7.76. The van der Waals surface area contributed by atoms with Crippen molar-refractivity contribution in [1.82, 2.24) is 20.2 Å². The van der Waals surface area contributed by atoms with Crippen molar-refractivity contribution in [2.75, 3.05) is 0 Å². The molecule has 142 valence electrons. The van der Waals surface area contributed by atoms with Gasteiger partial charge >= 0.3 is 0 Å². The lowest BCUT2D eigenvalue weighted by molar-refractivity contribution is 0.0932. The largest absolute Gasteiger partial charge is 0.472 e. The lowest BCUT2D eigenvalue weighted by Gasteiger charge is -2.07. The number of aromatic nitrogens is 2. The molecule has 0 saturated heterocycles. The van der Waals surface area contributed by atoms with Gasteiger partial charge in [-0.15, -0.1) is 0 Å². The van der Waals surface area contributed by atoms with E-state index in [4.69, 9.17) is 8.94 Å². The third-order valence-electron chi connectivity index (χ3n) is 3.53. The number of nitrogens with zero attached hydrogens (tertiary/aromatic N) is 2. The highest BCUT2D eigenvalue weighted by Gasteiger charge is 2.20. The Kier molecular flexibility index (Phi) is 5.33. The van der Waals surface area contributed by atoms with E-state index in [-0.39, 0.29) is 29.1 Å². The van der Waals surface area contributed by atoms with Crippen LogP contribution in [0.5, 0.6) is 0 Å². The van der Waals surface area contributed by atoms with Crippen LogP contribution in [0.3, 0.4) is 0 Å². The molecule has 0 spiro atoms. The summed E-state index contributed by atoms with van der Waals surface area (Å²) in [4.78, 5) is 15.9. The van der Waals surface area contributed by atoms with Crippen molar-refractivity contribution in [3.8, 4) is 0 Å². The number of hydrogen-bond donors (Lipinski definition) is 2. The highest BCUT2D eigenvalue weighted by molar-refractivity contribution is 7.89. The molecular formula is C16H15FN4O5S. The number of sulfonamides is 1. The summed E-state index contributed by atoms with van der Waals surface area (Å²) in [7, 11) is -3.85. The zero-order chi connectivity index (χ0) is 19.4. The summed E-state index contributed by atoms with van der Waals surface area (Å²) in [5, 5.41) is 6.32. The lowest BCUT2D eigenvalue weighted by atomic mass is 10.2. The molecule has 11 heteroatoms. The second-order valence-electron chi connectivity index (χ2n) is 5.53. The molecule has 3 aromatic rings. The molecule has 0 fully saturated rings. The van der Waals surface area contributed by atoms with Gasteiger partial charge in [0, 0.05) is 0 Å². The first-order chi connectivity index (χ1) is 12.8. The van der Waals surface area contributed by atoms with E-state index in [1.54, 1.807) is 6.92 Å². The Hall–Kier alpha value is -3.05. The van der Waals surface area contributed by atoms with Gasteiger partial charge in [0.1, 0.15) is 18.1 Å². The van der Waals surface area contributed by atoms with Crippen LogP contribution in [0.25, 0.3) is 0 Å². The molecule has 0 unspecified atom stereocenters. The van der Waals surface area contributed by atoms with Crippen LogP contribution in [-0.4, -0.2) is 24.5 Å². The Labute approximate surface area is 153 Å². The van der Waals surface area contributed by atoms with E-state index in [0.717, 1.165) is 24.3 Å². The number of amides is 1. The Balaban J connectivity index is 1.60. The lowest BCUT2D eigenvalue weighted by Crippen LogP contribution is -2.26. The Morgan fingerprint density at radius 3 is 2.67 bits per heavy atom. The molecule has 0 aliphatic rings. The quantitative estimate of drug-likeness (QED) is 0.625. The summed E-state index contributed by atoms with van der Waals surface area (Å²) in [5.41, 5.74) is 0.341. The molecular weight excluding hydrogens is 379 g/mol. The van der Waals surface area contributed by atoms with Crippen molar-refractivity contribution in [1.29, 1.82) is 0 Å². The van der Waals surface area contributed by atoms with Crippen molar-refractivity contribution in [3.63, 3.8) is 0 Å². The smallest absolute Gasteiger partial charge is 0.255 e. The summed E-state index contributed by atoms with van der Waals surface area (Å²) in [6.45, 7) is 1.41. The predicted molar refractivity (Wildman–Crippen MR) is 89.3 cm³/mol. The molecule has 0 radical (unpaired) electrons. The van der Waals surface area contributed by atoms with E-state index in [1.807, 2.05) is 0 Å². The zero-order valence-corrected chi connectivity index (χ0v) is 14.9. The van der Waals surface area contributed by atoms with Crippen LogP contribution in [0.15, 0.2) is 56.7 Å². The average molecular weight is 394 g/mol. The highest BCUT2D eigenvalue weighted by atomic mass is 32.2. The van der Waals surface area contributed by atoms with Gasteiger partial charge in [0.2, 0.25) is 15.9 Å². The number of furan rings is 1. The van der Waals surface area contributed by atoms with Gasteiger partial charge in [-0.2, -0.15) is 4.98 Å². The molecule has 0 aliphatic carbocycles. The van der Waals surface area contributed by atoms with Gasteiger partial charge in [-0.1, -0.05) is 5.16 Å². The Morgan fingerprint density at radius 2 is 2.00 bits per heavy atom. The maximum atomic E-state index is 12.9. The summed E-state index contributed by atoms with van der Waals surface area (Å²) in [5.74, 6) is -0.723. The van der Waals surface area contributed by atoms with E-state index in [2.05, 4.69) is 20.2 Å². The van der Waals surface area contributed by atoms with E-state index >= 15 is 0 Å². The summed E-state index contributed by atoms with van der Waals surface area (Å²) < 4.78 is 49.4. The van der Waals surface area contributed by atoms with E-state index in [9.17, 15) is 17.6 Å². The Bertz CT molecular complexity index is 1020. The van der Waals surface area contributed by atoms with E-state index in [1.165, 1.54) is 18.6 Å². The number of rotatable bonds is 7. The highest BCUT2D eigenvalue weighted by Crippen LogP contribution is 2.13. The summed E-state index contributed by atoms with van der Waals surface area (Å²) >= 11 is 0. The molecule has 0 saturated carbocycles. The van der Waals surface area contributed by atoms with Crippen molar-refractivity contribution >= 4 is 15.9 Å². The SMILES string of the molecule is C[C@@H](NC(=O)c1ccoc1)c1nc(CNS(=O)(=O)c2ccc(F)cc2)no1.